The molecule has 0 aliphatic rings. The van der Waals surface area contributed by atoms with Gasteiger partial charge in [0.1, 0.15) is 0 Å². The van der Waals surface area contributed by atoms with E-state index in [0.717, 1.165) is 23.4 Å². The Morgan fingerprint density at radius 2 is 1.96 bits per heavy atom. The molecule has 1 heterocycles. The first-order valence-electron chi connectivity index (χ1n) is 8.49. The zero-order valence-corrected chi connectivity index (χ0v) is 14.8. The number of nitrogens with one attached hydrogen (secondary N) is 1. The molecule has 0 radical (unpaired) electrons. The lowest BCUT2D eigenvalue weighted by Crippen LogP contribution is -2.23. The van der Waals surface area contributed by atoms with E-state index in [1.54, 1.807) is 13.3 Å². The van der Waals surface area contributed by atoms with Crippen LogP contribution in [0, 0.1) is 0 Å². The smallest absolute Gasteiger partial charge is 0.193 e. The molecule has 1 aromatic heterocycles. The predicted octanol–water partition coefficient (Wildman–Crippen LogP) is 2.99. The molecule has 26 heavy (non-hydrogen) atoms. The number of guanidine groups is 1. The monoisotopic (exact) mass is 349 g/mol. The Labute approximate surface area is 153 Å². The largest absolute Gasteiger partial charge is 0.380 e. The minimum absolute atomic E-state index is 0.404. The van der Waals surface area contributed by atoms with Gasteiger partial charge >= 0.3 is 0 Å². The van der Waals surface area contributed by atoms with Gasteiger partial charge in [-0.1, -0.05) is 30.3 Å². The van der Waals surface area contributed by atoms with Crippen molar-refractivity contribution in [2.45, 2.75) is 13.0 Å². The van der Waals surface area contributed by atoms with Crippen molar-refractivity contribution in [2.75, 3.05) is 19.0 Å². The Kier molecular flexibility index (Phi) is 6.01. The van der Waals surface area contributed by atoms with Crippen LogP contribution in [-0.4, -0.2) is 29.4 Å². The number of hydrogen-bond acceptors (Lipinski definition) is 3. The van der Waals surface area contributed by atoms with E-state index in [1.807, 2.05) is 41.2 Å². The average molecular weight is 349 g/mol. The van der Waals surface area contributed by atoms with Gasteiger partial charge in [-0.15, -0.1) is 0 Å². The predicted molar refractivity (Wildman–Crippen MR) is 105 cm³/mol. The number of anilines is 1. The number of aromatic nitrogens is 2. The van der Waals surface area contributed by atoms with Gasteiger partial charge in [0.2, 0.25) is 0 Å². The summed E-state index contributed by atoms with van der Waals surface area (Å²) in [6, 6.07) is 18.1. The molecule has 0 spiro atoms. The number of ether oxygens (including phenoxy) is 1. The minimum Gasteiger partial charge on any atom is -0.380 e. The summed E-state index contributed by atoms with van der Waals surface area (Å²) in [6.07, 6.45) is 4.51. The number of nitrogens with zero attached hydrogens (tertiary/aromatic N) is 3. The zero-order valence-electron chi connectivity index (χ0n) is 14.8. The van der Waals surface area contributed by atoms with E-state index in [9.17, 15) is 0 Å². The van der Waals surface area contributed by atoms with Crippen LogP contribution in [0.4, 0.5) is 5.69 Å². The highest BCUT2D eigenvalue weighted by Crippen LogP contribution is 2.15. The molecule has 0 aliphatic heterocycles. The van der Waals surface area contributed by atoms with Crippen LogP contribution in [0.25, 0.3) is 5.69 Å². The summed E-state index contributed by atoms with van der Waals surface area (Å²) in [5.41, 5.74) is 10.2. The van der Waals surface area contributed by atoms with E-state index in [1.165, 1.54) is 5.56 Å². The maximum Gasteiger partial charge on any atom is 0.193 e. The Morgan fingerprint density at radius 1 is 1.15 bits per heavy atom. The van der Waals surface area contributed by atoms with Gasteiger partial charge in [-0.05, 0) is 36.2 Å². The zero-order chi connectivity index (χ0) is 18.2. The van der Waals surface area contributed by atoms with E-state index in [-0.39, 0.29) is 0 Å². The molecule has 0 unspecified atom stereocenters. The Hall–Kier alpha value is -3.12. The second-order valence-electron chi connectivity index (χ2n) is 5.85. The standard InChI is InChI=1S/C20H23N5O/c1-26-15-17-5-2-3-6-19(17)24-20(21)22-13-11-16-7-9-18(10-8-16)25-14-4-12-23-25/h2-10,12,14H,11,13,15H2,1H3,(H3,21,22,24). The highest BCUT2D eigenvalue weighted by molar-refractivity contribution is 5.92. The number of hydrogen-bond donors (Lipinski definition) is 2. The fourth-order valence-corrected chi connectivity index (χ4v) is 2.64. The van der Waals surface area contributed by atoms with Gasteiger partial charge in [0.05, 0.1) is 12.3 Å². The lowest BCUT2D eigenvalue weighted by Gasteiger charge is -2.10. The second-order valence-corrected chi connectivity index (χ2v) is 5.85. The third-order valence-corrected chi connectivity index (χ3v) is 3.97. The summed E-state index contributed by atoms with van der Waals surface area (Å²) in [6.45, 7) is 1.14. The molecular formula is C20H23N5O. The van der Waals surface area contributed by atoms with Crippen LogP contribution < -0.4 is 11.1 Å². The fraction of sp³-hybridized carbons (Fsp3) is 0.200. The molecule has 0 atom stereocenters. The molecule has 0 amide bonds. The van der Waals surface area contributed by atoms with Crippen LogP contribution in [0.2, 0.25) is 0 Å². The Morgan fingerprint density at radius 3 is 2.69 bits per heavy atom. The lowest BCUT2D eigenvalue weighted by molar-refractivity contribution is 0.185. The summed E-state index contributed by atoms with van der Waals surface area (Å²) in [5, 5.41) is 7.37. The van der Waals surface area contributed by atoms with Gasteiger partial charge in [0.15, 0.2) is 5.96 Å². The molecule has 134 valence electrons. The number of nitrogens with two attached hydrogens (primary N) is 1. The topological polar surface area (TPSA) is 77.5 Å². The number of rotatable bonds is 7. The van der Waals surface area contributed by atoms with Gasteiger partial charge in [0, 0.05) is 37.3 Å². The number of methoxy groups -OCH3 is 1. The first-order valence-corrected chi connectivity index (χ1v) is 8.49. The number of benzene rings is 2. The highest BCUT2D eigenvalue weighted by atomic mass is 16.5. The van der Waals surface area contributed by atoms with Crippen LogP contribution >= 0.6 is 0 Å². The summed E-state index contributed by atoms with van der Waals surface area (Å²) in [7, 11) is 1.67. The van der Waals surface area contributed by atoms with Gasteiger partial charge in [-0.25, -0.2) is 4.68 Å². The van der Waals surface area contributed by atoms with E-state index in [4.69, 9.17) is 10.5 Å². The first-order chi connectivity index (χ1) is 12.8. The molecule has 0 saturated carbocycles. The molecule has 2 aromatic carbocycles. The summed E-state index contributed by atoms with van der Waals surface area (Å²) in [4.78, 5) is 4.41. The number of aliphatic imine (C=N–C) groups is 1. The van der Waals surface area contributed by atoms with Gasteiger partial charge in [-0.2, -0.15) is 5.10 Å². The van der Waals surface area contributed by atoms with E-state index < -0.39 is 0 Å². The van der Waals surface area contributed by atoms with E-state index in [2.05, 4.69) is 39.7 Å². The molecule has 0 fully saturated rings. The van der Waals surface area contributed by atoms with Crippen molar-refractivity contribution in [1.29, 1.82) is 0 Å². The van der Waals surface area contributed by atoms with Crippen LogP contribution in [-0.2, 0) is 17.8 Å². The molecule has 0 aliphatic carbocycles. The maximum atomic E-state index is 6.01. The minimum atomic E-state index is 0.404. The second kappa shape index (κ2) is 8.82. The van der Waals surface area contributed by atoms with Crippen molar-refractivity contribution < 1.29 is 4.74 Å². The van der Waals surface area contributed by atoms with Crippen LogP contribution in [0.3, 0.4) is 0 Å². The molecule has 0 saturated heterocycles. The quantitative estimate of drug-likeness (QED) is 0.508. The molecule has 3 rings (SSSR count). The third kappa shape index (κ3) is 4.70. The molecule has 0 bridgehead atoms. The van der Waals surface area contributed by atoms with Crippen molar-refractivity contribution in [3.05, 3.63) is 78.1 Å². The maximum absolute atomic E-state index is 6.01. The third-order valence-electron chi connectivity index (χ3n) is 3.97. The molecule has 6 heteroatoms. The molecule has 3 N–H and O–H groups in total. The molecular weight excluding hydrogens is 326 g/mol. The van der Waals surface area contributed by atoms with Crippen LogP contribution in [0.5, 0.6) is 0 Å². The van der Waals surface area contributed by atoms with Crippen LogP contribution in [0.15, 0.2) is 72.0 Å². The lowest BCUT2D eigenvalue weighted by atomic mass is 10.1. The SMILES string of the molecule is COCc1ccccc1NC(N)=NCCc1ccc(-n2cccn2)cc1. The van der Waals surface area contributed by atoms with E-state index >= 15 is 0 Å². The van der Waals surface area contributed by atoms with Gasteiger partial charge < -0.3 is 15.8 Å². The summed E-state index contributed by atoms with van der Waals surface area (Å²) < 4.78 is 7.03. The van der Waals surface area contributed by atoms with E-state index in [0.29, 0.717) is 19.1 Å². The van der Waals surface area contributed by atoms with Crippen LogP contribution in [0.1, 0.15) is 11.1 Å². The molecule has 3 aromatic rings. The normalized spacial score (nSPS) is 11.5. The fourth-order valence-electron chi connectivity index (χ4n) is 2.64. The average Bonchev–Trinajstić information content (AvgIpc) is 3.19. The number of para-hydroxylation sites is 1. The highest BCUT2D eigenvalue weighted by Gasteiger charge is 2.02. The Balaban J connectivity index is 1.55. The summed E-state index contributed by atoms with van der Waals surface area (Å²) >= 11 is 0. The van der Waals surface area contributed by atoms with Crippen molar-refractivity contribution in [3.63, 3.8) is 0 Å². The van der Waals surface area contributed by atoms with Crippen molar-refractivity contribution in [3.8, 4) is 5.69 Å². The Bertz CT molecular complexity index is 841. The van der Waals surface area contributed by atoms with Gasteiger partial charge in [0.25, 0.3) is 0 Å². The van der Waals surface area contributed by atoms with Crippen molar-refractivity contribution in [2.24, 2.45) is 10.7 Å². The van der Waals surface area contributed by atoms with Gasteiger partial charge in [-0.3, -0.25) is 4.99 Å². The van der Waals surface area contributed by atoms with Crippen molar-refractivity contribution >= 4 is 11.6 Å². The van der Waals surface area contributed by atoms with Crippen molar-refractivity contribution in [1.82, 2.24) is 9.78 Å². The summed E-state index contributed by atoms with van der Waals surface area (Å²) in [5.74, 6) is 0.404. The molecule has 6 nitrogen and oxygen atoms in total. The first kappa shape index (κ1) is 17.7.